The van der Waals surface area contributed by atoms with Crippen LogP contribution < -0.4 is 5.73 Å². The van der Waals surface area contributed by atoms with Crippen molar-refractivity contribution >= 4 is 23.0 Å². The highest BCUT2D eigenvalue weighted by Crippen LogP contribution is 2.38. The summed E-state index contributed by atoms with van der Waals surface area (Å²) in [5.41, 5.74) is 7.94. The van der Waals surface area contributed by atoms with Crippen molar-refractivity contribution < 1.29 is 9.21 Å². The molecule has 1 aromatic heterocycles. The molecular formula is C15H12ClNO2. The summed E-state index contributed by atoms with van der Waals surface area (Å²) in [7, 11) is 0. The smallest absolute Gasteiger partial charge is 0.176 e. The number of halogens is 1. The number of carbonyl (C=O) groups excluding carboxylic acids is 1. The van der Waals surface area contributed by atoms with Gasteiger partial charge in [-0.2, -0.15) is 0 Å². The highest BCUT2D eigenvalue weighted by molar-refractivity contribution is 6.31. The van der Waals surface area contributed by atoms with Crippen molar-refractivity contribution in [1.82, 2.24) is 0 Å². The third-order valence-corrected chi connectivity index (χ3v) is 3.54. The van der Waals surface area contributed by atoms with Gasteiger partial charge in [-0.05, 0) is 29.8 Å². The average molecular weight is 274 g/mol. The number of ketones is 1. The predicted molar refractivity (Wildman–Crippen MR) is 73.6 cm³/mol. The number of benzene rings is 1. The Morgan fingerprint density at radius 3 is 2.79 bits per heavy atom. The van der Waals surface area contributed by atoms with Crippen LogP contribution in [0.2, 0.25) is 5.02 Å². The first-order valence-electron chi connectivity index (χ1n) is 5.99. The standard InChI is InChI=1S/C15H12ClNO2/c16-10-4-1-3-9(7-10)14-12(17)8-11(15(14)18)13-5-2-6-19-13/h1-7,11H,8,17H2. The minimum absolute atomic E-state index is 0.00489. The maximum absolute atomic E-state index is 12.5. The molecule has 0 radical (unpaired) electrons. The molecule has 1 aliphatic rings. The fourth-order valence-corrected chi connectivity index (χ4v) is 2.63. The first-order valence-corrected chi connectivity index (χ1v) is 6.37. The number of carbonyl (C=O) groups is 1. The second-order valence-corrected chi connectivity index (χ2v) is 4.98. The van der Waals surface area contributed by atoms with E-state index in [1.807, 2.05) is 12.1 Å². The van der Waals surface area contributed by atoms with Crippen molar-refractivity contribution in [1.29, 1.82) is 0 Å². The molecule has 0 saturated carbocycles. The van der Waals surface area contributed by atoms with Gasteiger partial charge in [0, 0.05) is 22.7 Å². The Balaban J connectivity index is 1.99. The highest BCUT2D eigenvalue weighted by atomic mass is 35.5. The summed E-state index contributed by atoms with van der Waals surface area (Å²) in [6.07, 6.45) is 2.06. The lowest BCUT2D eigenvalue weighted by Crippen LogP contribution is -2.07. The number of rotatable bonds is 2. The number of hydrogen-bond acceptors (Lipinski definition) is 3. The van der Waals surface area contributed by atoms with E-state index in [2.05, 4.69) is 0 Å². The number of allylic oxidation sites excluding steroid dienone is 2. The molecule has 0 aliphatic heterocycles. The van der Waals surface area contributed by atoms with Gasteiger partial charge in [-0.1, -0.05) is 23.7 Å². The number of Topliss-reactive ketones (excluding diaryl/α,β-unsaturated/α-hetero) is 1. The monoisotopic (exact) mass is 273 g/mol. The molecule has 3 rings (SSSR count). The van der Waals surface area contributed by atoms with Gasteiger partial charge in [0.15, 0.2) is 5.78 Å². The van der Waals surface area contributed by atoms with Gasteiger partial charge in [0.05, 0.1) is 12.2 Å². The van der Waals surface area contributed by atoms with Gasteiger partial charge in [-0.3, -0.25) is 4.79 Å². The molecule has 0 saturated heterocycles. The van der Waals surface area contributed by atoms with Crippen LogP contribution in [0.15, 0.2) is 52.8 Å². The van der Waals surface area contributed by atoms with E-state index in [1.54, 1.807) is 30.5 Å². The quantitative estimate of drug-likeness (QED) is 0.913. The Morgan fingerprint density at radius 1 is 1.26 bits per heavy atom. The topological polar surface area (TPSA) is 56.2 Å². The molecule has 0 spiro atoms. The fourth-order valence-electron chi connectivity index (χ4n) is 2.44. The van der Waals surface area contributed by atoms with E-state index in [9.17, 15) is 4.79 Å². The van der Waals surface area contributed by atoms with Gasteiger partial charge in [0.1, 0.15) is 5.76 Å². The second-order valence-electron chi connectivity index (χ2n) is 4.55. The zero-order valence-corrected chi connectivity index (χ0v) is 10.9. The van der Waals surface area contributed by atoms with Crippen molar-refractivity contribution in [2.75, 3.05) is 0 Å². The second kappa shape index (κ2) is 4.59. The van der Waals surface area contributed by atoms with E-state index in [4.69, 9.17) is 21.8 Å². The lowest BCUT2D eigenvalue weighted by Gasteiger charge is -2.06. The largest absolute Gasteiger partial charge is 0.469 e. The Morgan fingerprint density at radius 2 is 2.11 bits per heavy atom. The first kappa shape index (κ1) is 12.1. The highest BCUT2D eigenvalue weighted by Gasteiger charge is 2.35. The molecule has 1 aliphatic carbocycles. The summed E-state index contributed by atoms with van der Waals surface area (Å²) >= 11 is 5.96. The van der Waals surface area contributed by atoms with E-state index < -0.39 is 0 Å². The van der Waals surface area contributed by atoms with E-state index in [0.717, 1.165) is 5.56 Å². The molecule has 2 aromatic rings. The lowest BCUT2D eigenvalue weighted by atomic mass is 9.97. The Bertz CT molecular complexity index is 659. The molecule has 1 heterocycles. The van der Waals surface area contributed by atoms with E-state index in [0.29, 0.717) is 28.5 Å². The normalized spacial score (nSPS) is 19.2. The maximum atomic E-state index is 12.5. The van der Waals surface area contributed by atoms with Crippen molar-refractivity contribution in [3.8, 4) is 0 Å². The molecule has 4 heteroatoms. The van der Waals surface area contributed by atoms with E-state index >= 15 is 0 Å². The molecule has 0 fully saturated rings. The number of furan rings is 1. The summed E-state index contributed by atoms with van der Waals surface area (Å²) in [6.45, 7) is 0. The van der Waals surface area contributed by atoms with Crippen LogP contribution in [0.3, 0.4) is 0 Å². The van der Waals surface area contributed by atoms with Crippen LogP contribution in [0.1, 0.15) is 23.7 Å². The first-order chi connectivity index (χ1) is 9.16. The van der Waals surface area contributed by atoms with E-state index in [1.165, 1.54) is 0 Å². The van der Waals surface area contributed by atoms with Crippen LogP contribution >= 0.6 is 11.6 Å². The summed E-state index contributed by atoms with van der Waals surface area (Å²) in [5.74, 6) is 0.337. The van der Waals surface area contributed by atoms with Crippen LogP contribution in [0, 0.1) is 0 Å². The van der Waals surface area contributed by atoms with Gasteiger partial charge >= 0.3 is 0 Å². The summed E-state index contributed by atoms with van der Waals surface area (Å²) in [5, 5.41) is 0.590. The summed E-state index contributed by atoms with van der Waals surface area (Å²) in [4.78, 5) is 12.5. The molecule has 2 N–H and O–H groups in total. The van der Waals surface area contributed by atoms with Crippen LogP contribution in [-0.2, 0) is 4.79 Å². The molecule has 1 unspecified atom stereocenters. The van der Waals surface area contributed by atoms with Gasteiger partial charge in [-0.25, -0.2) is 0 Å². The van der Waals surface area contributed by atoms with Gasteiger partial charge in [-0.15, -0.1) is 0 Å². The summed E-state index contributed by atoms with van der Waals surface area (Å²) in [6, 6.07) is 10.8. The van der Waals surface area contributed by atoms with Crippen LogP contribution in [0.25, 0.3) is 5.57 Å². The molecule has 3 nitrogen and oxygen atoms in total. The molecule has 1 aromatic carbocycles. The van der Waals surface area contributed by atoms with Crippen molar-refractivity contribution in [3.63, 3.8) is 0 Å². The summed E-state index contributed by atoms with van der Waals surface area (Å²) < 4.78 is 5.31. The third kappa shape index (κ3) is 2.06. The Kier molecular flexibility index (Phi) is 2.91. The number of hydrogen-bond donors (Lipinski definition) is 1. The van der Waals surface area contributed by atoms with Crippen molar-refractivity contribution in [2.45, 2.75) is 12.3 Å². The zero-order valence-electron chi connectivity index (χ0n) is 10.1. The third-order valence-electron chi connectivity index (χ3n) is 3.31. The van der Waals surface area contributed by atoms with Crippen LogP contribution in [-0.4, -0.2) is 5.78 Å². The minimum Gasteiger partial charge on any atom is -0.469 e. The maximum Gasteiger partial charge on any atom is 0.176 e. The molecule has 0 amide bonds. The lowest BCUT2D eigenvalue weighted by molar-refractivity contribution is -0.114. The minimum atomic E-state index is -0.316. The SMILES string of the molecule is NC1=C(c2cccc(Cl)c2)C(=O)C(c2ccco2)C1. The van der Waals surface area contributed by atoms with Crippen LogP contribution in [0.4, 0.5) is 0 Å². The molecular weight excluding hydrogens is 262 g/mol. The fraction of sp³-hybridized carbons (Fsp3) is 0.133. The Labute approximate surface area is 115 Å². The number of nitrogens with two attached hydrogens (primary N) is 1. The zero-order chi connectivity index (χ0) is 13.4. The van der Waals surface area contributed by atoms with Gasteiger partial charge < -0.3 is 10.2 Å². The molecule has 19 heavy (non-hydrogen) atoms. The molecule has 96 valence electrons. The van der Waals surface area contributed by atoms with Crippen molar-refractivity contribution in [2.24, 2.45) is 5.73 Å². The van der Waals surface area contributed by atoms with Crippen LogP contribution in [0.5, 0.6) is 0 Å². The van der Waals surface area contributed by atoms with Crippen molar-refractivity contribution in [3.05, 3.63) is 64.7 Å². The van der Waals surface area contributed by atoms with Gasteiger partial charge in [0.2, 0.25) is 0 Å². The Hall–Kier alpha value is -2.00. The molecule has 1 atom stereocenters. The van der Waals surface area contributed by atoms with E-state index in [-0.39, 0.29) is 11.7 Å². The molecule has 0 bridgehead atoms. The van der Waals surface area contributed by atoms with Gasteiger partial charge in [0.25, 0.3) is 0 Å². The average Bonchev–Trinajstić information content (AvgIpc) is 2.97. The predicted octanol–water partition coefficient (Wildman–Crippen LogP) is 3.36.